The number of aliphatic imine (C=N–C) groups is 1. The van der Waals surface area contributed by atoms with Gasteiger partial charge in [0.25, 0.3) is 0 Å². The third-order valence-electron chi connectivity index (χ3n) is 2.90. The lowest BCUT2D eigenvalue weighted by molar-refractivity contribution is -0.676. The van der Waals surface area contributed by atoms with Gasteiger partial charge >= 0.3 is 11.1 Å². The number of carbonyl (C=O) groups is 1. The van der Waals surface area contributed by atoms with E-state index in [-0.39, 0.29) is 29.5 Å². The maximum absolute atomic E-state index is 11.7. The first-order chi connectivity index (χ1) is 9.11. The quantitative estimate of drug-likeness (QED) is 0.272. The molecule has 0 bridgehead atoms. The van der Waals surface area contributed by atoms with Crippen LogP contribution in [0.2, 0.25) is 0 Å². The predicted molar refractivity (Wildman–Crippen MR) is 75.0 cm³/mol. The molecule has 1 aliphatic carbocycles. The number of ether oxygens (including phenoxy) is 1. The van der Waals surface area contributed by atoms with Crippen molar-refractivity contribution >= 4 is 28.8 Å². The van der Waals surface area contributed by atoms with Gasteiger partial charge in [0.2, 0.25) is 6.34 Å². The van der Waals surface area contributed by atoms with Gasteiger partial charge in [0, 0.05) is 20.5 Å². The van der Waals surface area contributed by atoms with Crippen LogP contribution >= 0.6 is 11.3 Å². The van der Waals surface area contributed by atoms with Crippen LogP contribution in [0.1, 0.15) is 23.9 Å². The molecule has 112 valence electrons. The topological polar surface area (TPSA) is 45.8 Å². The largest absolute Gasteiger partial charge is 1.00 e. The maximum atomic E-state index is 11.7. The van der Waals surface area contributed by atoms with Crippen molar-refractivity contribution in [3.8, 4) is 0 Å². The Morgan fingerprint density at radius 2 is 2.25 bits per heavy atom. The van der Waals surface area contributed by atoms with Crippen LogP contribution in [-0.4, -0.2) is 37.9 Å². The van der Waals surface area contributed by atoms with Crippen LogP contribution in [0.5, 0.6) is 0 Å². The Hall–Kier alpha value is -0.950. The molecule has 0 aromatic carbocycles. The van der Waals surface area contributed by atoms with Crippen molar-refractivity contribution in [2.75, 3.05) is 20.7 Å². The number of aryl methyl sites for hydroxylation is 1. The lowest BCUT2D eigenvalue weighted by Gasteiger charge is -2.02. The zero-order valence-corrected chi connectivity index (χ0v) is 14.5. The molecule has 0 radical (unpaired) electrons. The first kappa shape index (κ1) is 17.1. The highest BCUT2D eigenvalue weighted by molar-refractivity contribution is 7.15. The molecule has 0 atom stereocenters. The molecular formula is C13H20BrN3O2S. The van der Waals surface area contributed by atoms with Crippen molar-refractivity contribution in [2.45, 2.75) is 32.7 Å². The number of thiazole rings is 1. The molecule has 0 N–H and O–H groups in total. The molecule has 1 aromatic rings. The number of nitrogens with zero attached hydrogens (tertiary/aromatic N) is 3. The van der Waals surface area contributed by atoms with Crippen LogP contribution < -0.4 is 21.5 Å². The normalized spacial score (nSPS) is 13.2. The fraction of sp³-hybridized carbons (Fsp3) is 0.615. The third kappa shape index (κ3) is 4.02. The van der Waals surface area contributed by atoms with Gasteiger partial charge in [-0.05, 0) is 36.1 Å². The van der Waals surface area contributed by atoms with Crippen LogP contribution in [-0.2, 0) is 28.9 Å². The second-order valence-corrected chi connectivity index (χ2v) is 5.77. The molecule has 0 amide bonds. The summed E-state index contributed by atoms with van der Waals surface area (Å²) in [5, 5.41) is 0.881. The molecule has 7 heteroatoms. The monoisotopic (exact) mass is 361 g/mol. The van der Waals surface area contributed by atoms with Gasteiger partial charge in [-0.15, -0.1) is 0 Å². The van der Waals surface area contributed by atoms with Crippen LogP contribution in [0.25, 0.3) is 0 Å². The zero-order valence-electron chi connectivity index (χ0n) is 12.1. The third-order valence-corrected chi connectivity index (χ3v) is 4.10. The molecule has 0 spiro atoms. The van der Waals surface area contributed by atoms with Gasteiger partial charge in [0.15, 0.2) is 6.54 Å². The summed E-state index contributed by atoms with van der Waals surface area (Å²) in [4.78, 5) is 19.4. The van der Waals surface area contributed by atoms with Crippen LogP contribution in [0.4, 0.5) is 5.13 Å². The summed E-state index contributed by atoms with van der Waals surface area (Å²) in [5.74, 6) is -0.193. The van der Waals surface area contributed by atoms with E-state index in [1.807, 2.05) is 30.5 Å². The summed E-state index contributed by atoms with van der Waals surface area (Å²) in [5.41, 5.74) is 1.25. The van der Waals surface area contributed by atoms with E-state index < -0.39 is 0 Å². The fourth-order valence-corrected chi connectivity index (χ4v) is 3.32. The van der Waals surface area contributed by atoms with E-state index >= 15 is 0 Å². The molecule has 1 aliphatic rings. The van der Waals surface area contributed by atoms with E-state index in [1.54, 1.807) is 17.7 Å². The number of aromatic nitrogens is 1. The van der Waals surface area contributed by atoms with Gasteiger partial charge in [-0.1, -0.05) is 0 Å². The van der Waals surface area contributed by atoms with Crippen LogP contribution in [0.3, 0.4) is 0 Å². The molecule has 0 saturated heterocycles. The van der Waals surface area contributed by atoms with Gasteiger partial charge in [-0.3, -0.25) is 0 Å². The predicted octanol–water partition coefficient (Wildman–Crippen LogP) is -1.69. The fourth-order valence-electron chi connectivity index (χ4n) is 2.14. The Balaban J connectivity index is 0.00000200. The highest BCUT2D eigenvalue weighted by atomic mass is 79.9. The van der Waals surface area contributed by atoms with Gasteiger partial charge in [0.1, 0.15) is 5.69 Å². The molecule has 0 saturated carbocycles. The number of fused-ring (bicyclic) bond motifs is 1. The van der Waals surface area contributed by atoms with Crippen LogP contribution in [0, 0.1) is 0 Å². The molecule has 1 aromatic heterocycles. The molecule has 1 heterocycles. The van der Waals surface area contributed by atoms with E-state index in [2.05, 4.69) is 4.99 Å². The van der Waals surface area contributed by atoms with Gasteiger partial charge < -0.3 is 26.6 Å². The minimum Gasteiger partial charge on any atom is -1.00 e. The van der Waals surface area contributed by atoms with Crippen molar-refractivity contribution in [1.82, 2.24) is 4.90 Å². The lowest BCUT2D eigenvalue weighted by Crippen LogP contribution is -3.00. The molecule has 2 rings (SSSR count). The maximum Gasteiger partial charge on any atom is 0.384 e. The molecular weight excluding hydrogens is 342 g/mol. The average Bonchev–Trinajstić information content (AvgIpc) is 2.90. The van der Waals surface area contributed by atoms with Gasteiger partial charge in [0.05, 0.1) is 11.5 Å². The number of hydrogen-bond donors (Lipinski definition) is 0. The minimum atomic E-state index is -0.193. The number of halogens is 1. The smallest absolute Gasteiger partial charge is 0.384 e. The molecule has 0 fully saturated rings. The van der Waals surface area contributed by atoms with Crippen molar-refractivity contribution in [1.29, 1.82) is 0 Å². The Morgan fingerprint density at radius 1 is 1.50 bits per heavy atom. The summed E-state index contributed by atoms with van der Waals surface area (Å²) >= 11 is 1.68. The van der Waals surface area contributed by atoms with Crippen molar-refractivity contribution < 1.29 is 31.1 Å². The summed E-state index contributed by atoms with van der Waals surface area (Å²) in [6.45, 7) is 2.51. The Bertz CT molecular complexity index is 500. The SMILES string of the molecule is CCOC(=O)C[n+]1c(N=CN(C)C)sc2c1CCC2.[Br-]. The van der Waals surface area contributed by atoms with E-state index in [0.29, 0.717) is 6.61 Å². The highest BCUT2D eigenvalue weighted by Gasteiger charge is 2.29. The van der Waals surface area contributed by atoms with Crippen LogP contribution in [0.15, 0.2) is 4.99 Å². The second kappa shape index (κ2) is 7.73. The van der Waals surface area contributed by atoms with E-state index in [1.165, 1.54) is 17.0 Å². The summed E-state index contributed by atoms with van der Waals surface area (Å²) < 4.78 is 7.04. The Morgan fingerprint density at radius 3 is 2.90 bits per heavy atom. The summed E-state index contributed by atoms with van der Waals surface area (Å²) in [6, 6.07) is 0. The lowest BCUT2D eigenvalue weighted by atomic mass is 10.3. The van der Waals surface area contributed by atoms with Crippen molar-refractivity contribution in [3.63, 3.8) is 0 Å². The summed E-state index contributed by atoms with van der Waals surface area (Å²) in [6.07, 6.45) is 5.06. The number of carbonyl (C=O) groups excluding carboxylic acids is 1. The highest BCUT2D eigenvalue weighted by Crippen LogP contribution is 2.30. The number of esters is 1. The van der Waals surface area contributed by atoms with Crippen molar-refractivity contribution in [2.24, 2.45) is 4.99 Å². The summed E-state index contributed by atoms with van der Waals surface area (Å²) in [7, 11) is 3.86. The molecule has 0 unspecified atom stereocenters. The Kier molecular flexibility index (Phi) is 6.61. The molecule has 5 nitrogen and oxygen atoms in total. The van der Waals surface area contributed by atoms with Gasteiger partial charge in [-0.2, -0.15) is 0 Å². The molecule has 0 aliphatic heterocycles. The first-order valence-corrected chi connectivity index (χ1v) is 7.34. The zero-order chi connectivity index (χ0) is 13.8. The van der Waals surface area contributed by atoms with E-state index in [4.69, 9.17) is 4.74 Å². The van der Waals surface area contributed by atoms with E-state index in [9.17, 15) is 4.79 Å². The first-order valence-electron chi connectivity index (χ1n) is 6.52. The second-order valence-electron chi connectivity index (χ2n) is 4.71. The van der Waals surface area contributed by atoms with Crippen molar-refractivity contribution in [3.05, 3.63) is 10.6 Å². The average molecular weight is 362 g/mol. The minimum absolute atomic E-state index is 0. The molecule has 20 heavy (non-hydrogen) atoms. The van der Waals surface area contributed by atoms with Gasteiger partial charge in [-0.25, -0.2) is 9.36 Å². The van der Waals surface area contributed by atoms with E-state index in [0.717, 1.165) is 18.0 Å². The number of hydrogen-bond acceptors (Lipinski definition) is 4. The Labute approximate surface area is 134 Å². The standard InChI is InChI=1S/C13H20N3O2S.BrH/c1-4-18-12(17)8-16-10-6-5-7-11(10)19-13(16)14-9-15(2)3;/h9H,4-8H2,1-3H3;1H/q+1;/p-1. The number of rotatable bonds is 5.